The number of para-hydroxylation sites is 1. The summed E-state index contributed by atoms with van der Waals surface area (Å²) in [6.45, 7) is 5.09. The average Bonchev–Trinajstić information content (AvgIpc) is 2.78. The fraction of sp³-hybridized carbons (Fsp3) is 0.333. The second-order valence-corrected chi connectivity index (χ2v) is 8.15. The Hall–Kier alpha value is -2.57. The SMILES string of the molecule is CCc1ccccc1NC(=O)CN1CCN(C(=O)/C=C/c2ccc(SC)cc2)CC1. The lowest BCUT2D eigenvalue weighted by molar-refractivity contribution is -0.127. The fourth-order valence-electron chi connectivity index (χ4n) is 3.46. The van der Waals surface area contributed by atoms with Crippen LogP contribution in [0.15, 0.2) is 59.5 Å². The highest BCUT2D eigenvalue weighted by Gasteiger charge is 2.21. The van der Waals surface area contributed by atoms with E-state index in [1.54, 1.807) is 17.8 Å². The predicted molar refractivity (Wildman–Crippen MR) is 125 cm³/mol. The standard InChI is InChI=1S/C24H29N3O2S/c1-3-20-6-4-5-7-22(20)25-23(28)18-26-14-16-27(17-15-26)24(29)13-10-19-8-11-21(30-2)12-9-19/h4-13H,3,14-18H2,1-2H3,(H,25,28)/b13-10+. The molecular weight excluding hydrogens is 394 g/mol. The van der Waals surface area contributed by atoms with Gasteiger partial charge in [-0.3, -0.25) is 14.5 Å². The van der Waals surface area contributed by atoms with Crippen LogP contribution in [-0.2, 0) is 16.0 Å². The average molecular weight is 424 g/mol. The molecule has 0 saturated carbocycles. The summed E-state index contributed by atoms with van der Waals surface area (Å²) in [5, 5.41) is 3.02. The number of amides is 2. The third-order valence-corrected chi connectivity index (χ3v) is 6.00. The van der Waals surface area contributed by atoms with Gasteiger partial charge in [-0.15, -0.1) is 11.8 Å². The van der Waals surface area contributed by atoms with Crippen molar-refractivity contribution in [1.29, 1.82) is 0 Å². The third-order valence-electron chi connectivity index (χ3n) is 5.26. The van der Waals surface area contributed by atoms with Gasteiger partial charge in [0.2, 0.25) is 11.8 Å². The van der Waals surface area contributed by atoms with Crippen LogP contribution < -0.4 is 5.32 Å². The van der Waals surface area contributed by atoms with E-state index in [9.17, 15) is 9.59 Å². The Balaban J connectivity index is 1.45. The minimum Gasteiger partial charge on any atom is -0.337 e. The number of carbonyl (C=O) groups is 2. The smallest absolute Gasteiger partial charge is 0.246 e. The van der Waals surface area contributed by atoms with Crippen molar-refractivity contribution in [3.05, 3.63) is 65.7 Å². The Bertz CT molecular complexity index is 888. The van der Waals surface area contributed by atoms with Crippen molar-refractivity contribution in [3.8, 4) is 0 Å². The molecule has 5 nitrogen and oxygen atoms in total. The molecule has 0 unspecified atom stereocenters. The molecule has 0 spiro atoms. The predicted octanol–water partition coefficient (Wildman–Crippen LogP) is 3.77. The lowest BCUT2D eigenvalue weighted by atomic mass is 10.1. The van der Waals surface area contributed by atoms with Crippen molar-refractivity contribution < 1.29 is 9.59 Å². The van der Waals surface area contributed by atoms with E-state index >= 15 is 0 Å². The molecule has 2 aromatic rings. The molecule has 0 atom stereocenters. The number of nitrogens with zero attached hydrogens (tertiary/aromatic N) is 2. The first-order chi connectivity index (χ1) is 14.6. The largest absolute Gasteiger partial charge is 0.337 e. The maximum atomic E-state index is 12.5. The Morgan fingerprint density at radius 1 is 1.03 bits per heavy atom. The summed E-state index contributed by atoms with van der Waals surface area (Å²) in [7, 11) is 0. The summed E-state index contributed by atoms with van der Waals surface area (Å²) in [5.74, 6) is 0.00850. The van der Waals surface area contributed by atoms with Gasteiger partial charge >= 0.3 is 0 Å². The molecule has 158 valence electrons. The number of rotatable bonds is 7. The summed E-state index contributed by atoms with van der Waals surface area (Å²) < 4.78 is 0. The zero-order valence-corrected chi connectivity index (χ0v) is 18.5. The van der Waals surface area contributed by atoms with Gasteiger partial charge in [0.1, 0.15) is 0 Å². The lowest BCUT2D eigenvalue weighted by Crippen LogP contribution is -2.50. The van der Waals surface area contributed by atoms with Gasteiger partial charge in [-0.05, 0) is 48.1 Å². The molecular formula is C24H29N3O2S. The first-order valence-corrected chi connectivity index (χ1v) is 11.5. The normalized spacial score (nSPS) is 14.8. The van der Waals surface area contributed by atoms with Crippen LogP contribution in [0, 0.1) is 0 Å². The number of anilines is 1. The van der Waals surface area contributed by atoms with Gasteiger partial charge in [-0.2, -0.15) is 0 Å². The Morgan fingerprint density at radius 3 is 2.40 bits per heavy atom. The summed E-state index contributed by atoms with van der Waals surface area (Å²) in [6.07, 6.45) is 6.42. The molecule has 0 bridgehead atoms. The molecule has 2 aromatic carbocycles. The summed E-state index contributed by atoms with van der Waals surface area (Å²) >= 11 is 1.70. The second kappa shape index (κ2) is 11.0. The Kier molecular flexibility index (Phi) is 8.11. The molecule has 1 heterocycles. The van der Waals surface area contributed by atoms with Gasteiger partial charge < -0.3 is 10.2 Å². The maximum absolute atomic E-state index is 12.5. The van der Waals surface area contributed by atoms with E-state index in [-0.39, 0.29) is 11.8 Å². The monoisotopic (exact) mass is 423 g/mol. The van der Waals surface area contributed by atoms with E-state index < -0.39 is 0 Å². The van der Waals surface area contributed by atoms with Crippen LogP contribution in [0.25, 0.3) is 6.08 Å². The first-order valence-electron chi connectivity index (χ1n) is 10.3. The molecule has 1 aliphatic rings. The van der Waals surface area contributed by atoms with Crippen LogP contribution in [0.1, 0.15) is 18.1 Å². The van der Waals surface area contributed by atoms with E-state index in [0.29, 0.717) is 32.7 Å². The Morgan fingerprint density at radius 2 is 1.73 bits per heavy atom. The van der Waals surface area contributed by atoms with E-state index in [1.165, 1.54) is 4.90 Å². The zero-order valence-electron chi connectivity index (χ0n) is 17.6. The number of aryl methyl sites for hydroxylation is 1. The number of hydrogen-bond acceptors (Lipinski definition) is 4. The van der Waals surface area contributed by atoms with Crippen LogP contribution in [0.4, 0.5) is 5.69 Å². The maximum Gasteiger partial charge on any atom is 0.246 e. The molecule has 0 aliphatic carbocycles. The second-order valence-electron chi connectivity index (χ2n) is 7.27. The molecule has 6 heteroatoms. The van der Waals surface area contributed by atoms with Crippen LogP contribution in [0.3, 0.4) is 0 Å². The summed E-state index contributed by atoms with van der Waals surface area (Å²) in [4.78, 5) is 30.0. The Labute approximate surface area is 183 Å². The van der Waals surface area contributed by atoms with Gasteiger partial charge in [0, 0.05) is 42.8 Å². The van der Waals surface area contributed by atoms with Gasteiger partial charge in [0.05, 0.1) is 6.54 Å². The van der Waals surface area contributed by atoms with Gasteiger partial charge in [0.15, 0.2) is 0 Å². The number of benzene rings is 2. The van der Waals surface area contributed by atoms with Crippen molar-refractivity contribution in [3.63, 3.8) is 0 Å². The number of thioether (sulfide) groups is 1. The third kappa shape index (κ3) is 6.21. The highest BCUT2D eigenvalue weighted by atomic mass is 32.2. The molecule has 30 heavy (non-hydrogen) atoms. The molecule has 0 aromatic heterocycles. The summed E-state index contributed by atoms with van der Waals surface area (Å²) in [5.41, 5.74) is 3.04. The first kappa shape index (κ1) is 22.1. The number of hydrogen-bond donors (Lipinski definition) is 1. The van der Waals surface area contributed by atoms with Crippen LogP contribution in [-0.4, -0.2) is 60.6 Å². The number of nitrogens with one attached hydrogen (secondary N) is 1. The van der Waals surface area contributed by atoms with Crippen LogP contribution in [0.5, 0.6) is 0 Å². The number of carbonyl (C=O) groups excluding carboxylic acids is 2. The topological polar surface area (TPSA) is 52.7 Å². The number of piperazine rings is 1. The molecule has 1 N–H and O–H groups in total. The molecule has 1 aliphatic heterocycles. The molecule has 0 radical (unpaired) electrons. The van der Waals surface area contributed by atoms with Crippen LogP contribution >= 0.6 is 11.8 Å². The highest BCUT2D eigenvalue weighted by molar-refractivity contribution is 7.98. The quantitative estimate of drug-likeness (QED) is 0.544. The van der Waals surface area contributed by atoms with Crippen LogP contribution in [0.2, 0.25) is 0 Å². The molecule has 1 saturated heterocycles. The minimum absolute atomic E-state index is 0.00994. The molecule has 2 amide bonds. The van der Waals surface area contributed by atoms with Crippen molar-refractivity contribution in [2.75, 3.05) is 44.3 Å². The van der Waals surface area contributed by atoms with Gasteiger partial charge in [0.25, 0.3) is 0 Å². The lowest BCUT2D eigenvalue weighted by Gasteiger charge is -2.33. The van der Waals surface area contributed by atoms with E-state index in [1.807, 2.05) is 53.6 Å². The van der Waals surface area contributed by atoms with Crippen molar-refractivity contribution in [2.24, 2.45) is 0 Å². The van der Waals surface area contributed by atoms with Crippen molar-refractivity contribution in [2.45, 2.75) is 18.2 Å². The molecule has 1 fully saturated rings. The van der Waals surface area contributed by atoms with E-state index in [4.69, 9.17) is 0 Å². The van der Waals surface area contributed by atoms with Crippen molar-refractivity contribution >= 4 is 35.3 Å². The highest BCUT2D eigenvalue weighted by Crippen LogP contribution is 2.16. The van der Waals surface area contributed by atoms with E-state index in [0.717, 1.165) is 23.2 Å². The molecule has 3 rings (SSSR count). The van der Waals surface area contributed by atoms with Gasteiger partial charge in [-0.25, -0.2) is 0 Å². The fourth-order valence-corrected chi connectivity index (χ4v) is 3.87. The minimum atomic E-state index is -0.00994. The van der Waals surface area contributed by atoms with Crippen molar-refractivity contribution in [1.82, 2.24) is 9.80 Å². The summed E-state index contributed by atoms with van der Waals surface area (Å²) in [6, 6.07) is 16.0. The van der Waals surface area contributed by atoms with E-state index in [2.05, 4.69) is 29.3 Å². The zero-order chi connectivity index (χ0) is 21.3. The van der Waals surface area contributed by atoms with Gasteiger partial charge in [-0.1, -0.05) is 37.3 Å².